The van der Waals surface area contributed by atoms with Crippen LogP contribution < -0.4 is 10.2 Å². The minimum absolute atomic E-state index is 0.0222. The van der Waals surface area contributed by atoms with E-state index < -0.39 is 0 Å². The van der Waals surface area contributed by atoms with E-state index >= 15 is 0 Å². The van der Waals surface area contributed by atoms with E-state index in [0.29, 0.717) is 17.6 Å². The molecular formula is C17H16BrN3O2S. The van der Waals surface area contributed by atoms with Gasteiger partial charge in [0.1, 0.15) is 0 Å². The molecule has 1 aromatic heterocycles. The van der Waals surface area contributed by atoms with Gasteiger partial charge in [-0.3, -0.25) is 9.59 Å². The van der Waals surface area contributed by atoms with E-state index in [9.17, 15) is 9.59 Å². The summed E-state index contributed by atoms with van der Waals surface area (Å²) in [7, 11) is 0. The van der Waals surface area contributed by atoms with Crippen molar-refractivity contribution >= 4 is 49.9 Å². The van der Waals surface area contributed by atoms with Crippen LogP contribution in [0.2, 0.25) is 0 Å². The van der Waals surface area contributed by atoms with Gasteiger partial charge in [-0.25, -0.2) is 4.98 Å². The first-order valence-corrected chi connectivity index (χ1v) is 9.59. The molecule has 0 radical (unpaired) electrons. The Bertz CT molecular complexity index is 803. The first-order chi connectivity index (χ1) is 11.6. The van der Waals surface area contributed by atoms with Gasteiger partial charge in [0, 0.05) is 34.4 Å². The fourth-order valence-corrected chi connectivity index (χ4v) is 4.08. The molecule has 2 heterocycles. The van der Waals surface area contributed by atoms with E-state index in [0.717, 1.165) is 15.9 Å². The number of hydrogen-bond donors (Lipinski definition) is 1. The monoisotopic (exact) mass is 405 g/mol. The predicted molar refractivity (Wildman–Crippen MR) is 97.3 cm³/mol. The van der Waals surface area contributed by atoms with Gasteiger partial charge in [0.25, 0.3) is 0 Å². The molecule has 124 valence electrons. The van der Waals surface area contributed by atoms with Crippen molar-refractivity contribution in [2.75, 3.05) is 16.8 Å². The summed E-state index contributed by atoms with van der Waals surface area (Å²) in [6, 6.07) is 7.57. The number of halogens is 1. The summed E-state index contributed by atoms with van der Waals surface area (Å²) in [5.41, 5.74) is 1.89. The van der Waals surface area contributed by atoms with Gasteiger partial charge < -0.3 is 10.2 Å². The number of aromatic nitrogens is 1. The zero-order valence-corrected chi connectivity index (χ0v) is 15.3. The number of carbonyl (C=O) groups excluding carboxylic acids is 2. The first kappa shape index (κ1) is 15.8. The Balaban J connectivity index is 1.42. The molecule has 1 atom stereocenters. The predicted octanol–water partition coefficient (Wildman–Crippen LogP) is 3.77. The number of amides is 2. The molecule has 4 rings (SSSR count). The third kappa shape index (κ3) is 3.23. The summed E-state index contributed by atoms with van der Waals surface area (Å²) >= 11 is 4.87. The lowest BCUT2D eigenvalue weighted by Gasteiger charge is -2.16. The summed E-state index contributed by atoms with van der Waals surface area (Å²) in [6.07, 6.45) is 2.62. The third-order valence-corrected chi connectivity index (χ3v) is 5.63. The Morgan fingerprint density at radius 1 is 1.38 bits per heavy atom. The lowest BCUT2D eigenvalue weighted by Crippen LogP contribution is -2.28. The Morgan fingerprint density at radius 2 is 2.21 bits per heavy atom. The summed E-state index contributed by atoms with van der Waals surface area (Å²) in [5.74, 6) is 0.0836. The van der Waals surface area contributed by atoms with E-state index in [1.807, 2.05) is 29.6 Å². The van der Waals surface area contributed by atoms with Crippen LogP contribution in [-0.2, 0) is 9.59 Å². The number of benzene rings is 1. The molecule has 7 heteroatoms. The molecule has 1 aliphatic carbocycles. The molecule has 2 aromatic rings. The van der Waals surface area contributed by atoms with E-state index in [1.54, 1.807) is 4.90 Å². The number of nitrogens with one attached hydrogen (secondary N) is 1. The third-order valence-electron chi connectivity index (χ3n) is 4.36. The Kier molecular flexibility index (Phi) is 4.14. The normalized spacial score (nSPS) is 20.5. The topological polar surface area (TPSA) is 62.3 Å². The average molecular weight is 406 g/mol. The highest BCUT2D eigenvalue weighted by atomic mass is 79.9. The van der Waals surface area contributed by atoms with Crippen molar-refractivity contribution < 1.29 is 9.59 Å². The van der Waals surface area contributed by atoms with Crippen LogP contribution in [0, 0.1) is 5.92 Å². The van der Waals surface area contributed by atoms with Gasteiger partial charge in [-0.2, -0.15) is 0 Å². The maximum absolute atomic E-state index is 12.5. The van der Waals surface area contributed by atoms with Crippen molar-refractivity contribution in [1.29, 1.82) is 0 Å². The van der Waals surface area contributed by atoms with Gasteiger partial charge in [-0.05, 0) is 31.0 Å². The van der Waals surface area contributed by atoms with E-state index in [-0.39, 0.29) is 24.2 Å². The molecule has 2 amide bonds. The molecule has 5 nitrogen and oxygen atoms in total. The number of nitrogens with zero attached hydrogens (tertiary/aromatic N) is 2. The zero-order chi connectivity index (χ0) is 16.7. The quantitative estimate of drug-likeness (QED) is 0.841. The summed E-state index contributed by atoms with van der Waals surface area (Å²) in [5, 5.41) is 5.52. The second-order valence-electron chi connectivity index (χ2n) is 6.23. The molecule has 1 aliphatic heterocycles. The molecule has 1 aromatic carbocycles. The molecule has 0 spiro atoms. The largest absolute Gasteiger partial charge is 0.312 e. The number of rotatable bonds is 4. The lowest BCUT2D eigenvalue weighted by atomic mass is 10.1. The van der Waals surface area contributed by atoms with Gasteiger partial charge in [0.15, 0.2) is 5.13 Å². The molecule has 2 aliphatic rings. The number of hydrogen-bond acceptors (Lipinski definition) is 4. The molecule has 24 heavy (non-hydrogen) atoms. The second kappa shape index (κ2) is 6.29. The molecule has 1 saturated heterocycles. The van der Waals surface area contributed by atoms with Crippen LogP contribution in [0.15, 0.2) is 34.1 Å². The van der Waals surface area contributed by atoms with Crippen LogP contribution in [0.25, 0.3) is 0 Å². The second-order valence-corrected chi connectivity index (χ2v) is 8.00. The zero-order valence-electron chi connectivity index (χ0n) is 12.9. The van der Waals surface area contributed by atoms with Crippen LogP contribution in [0.4, 0.5) is 10.8 Å². The molecular weight excluding hydrogens is 390 g/mol. The summed E-state index contributed by atoms with van der Waals surface area (Å²) in [6.45, 7) is 0.405. The number of thiazole rings is 1. The van der Waals surface area contributed by atoms with Crippen molar-refractivity contribution in [3.63, 3.8) is 0 Å². The fourth-order valence-electron chi connectivity index (χ4n) is 2.89. The highest BCUT2D eigenvalue weighted by Gasteiger charge is 2.35. The highest BCUT2D eigenvalue weighted by molar-refractivity contribution is 9.10. The summed E-state index contributed by atoms with van der Waals surface area (Å²) in [4.78, 5) is 30.9. The van der Waals surface area contributed by atoms with Crippen molar-refractivity contribution in [2.45, 2.75) is 25.2 Å². The SMILES string of the molecule is O=C(Nc1nc(C2CC2)cs1)C1CC(=O)N(c2cccc(Br)c2)C1. The van der Waals surface area contributed by atoms with Gasteiger partial charge in [0.05, 0.1) is 11.6 Å². The van der Waals surface area contributed by atoms with E-state index in [4.69, 9.17) is 0 Å². The lowest BCUT2D eigenvalue weighted by molar-refractivity contribution is -0.122. The molecule has 1 N–H and O–H groups in total. The maximum atomic E-state index is 12.5. The number of anilines is 2. The van der Waals surface area contributed by atoms with Gasteiger partial charge >= 0.3 is 0 Å². The molecule has 0 bridgehead atoms. The minimum Gasteiger partial charge on any atom is -0.312 e. The van der Waals surface area contributed by atoms with Crippen molar-refractivity contribution in [1.82, 2.24) is 4.98 Å². The fraction of sp³-hybridized carbons (Fsp3) is 0.353. The van der Waals surface area contributed by atoms with Crippen LogP contribution in [0.3, 0.4) is 0 Å². The van der Waals surface area contributed by atoms with Crippen LogP contribution in [0.1, 0.15) is 30.9 Å². The standard InChI is InChI=1S/C17H16BrN3O2S/c18-12-2-1-3-13(7-12)21-8-11(6-15(21)22)16(23)20-17-19-14(9-24-17)10-4-5-10/h1-3,7,9-11H,4-6,8H2,(H,19,20,23). The van der Waals surface area contributed by atoms with Crippen molar-refractivity contribution in [3.05, 3.63) is 39.8 Å². The van der Waals surface area contributed by atoms with Gasteiger partial charge in [-0.1, -0.05) is 22.0 Å². The van der Waals surface area contributed by atoms with Gasteiger partial charge in [0.2, 0.25) is 11.8 Å². The summed E-state index contributed by atoms with van der Waals surface area (Å²) < 4.78 is 0.913. The Labute approximate surface area is 152 Å². The molecule has 2 fully saturated rings. The Morgan fingerprint density at radius 3 is 2.96 bits per heavy atom. The van der Waals surface area contributed by atoms with E-state index in [1.165, 1.54) is 24.2 Å². The van der Waals surface area contributed by atoms with Crippen molar-refractivity contribution in [3.8, 4) is 0 Å². The van der Waals surface area contributed by atoms with Crippen LogP contribution >= 0.6 is 27.3 Å². The minimum atomic E-state index is -0.343. The first-order valence-electron chi connectivity index (χ1n) is 7.92. The highest BCUT2D eigenvalue weighted by Crippen LogP contribution is 2.41. The smallest absolute Gasteiger partial charge is 0.231 e. The van der Waals surface area contributed by atoms with Gasteiger partial charge in [-0.15, -0.1) is 11.3 Å². The number of carbonyl (C=O) groups is 2. The van der Waals surface area contributed by atoms with E-state index in [2.05, 4.69) is 26.2 Å². The Hall–Kier alpha value is -1.73. The van der Waals surface area contributed by atoms with Crippen molar-refractivity contribution in [2.24, 2.45) is 5.92 Å². The average Bonchev–Trinajstić information content (AvgIpc) is 3.18. The maximum Gasteiger partial charge on any atom is 0.231 e. The van der Waals surface area contributed by atoms with Crippen LogP contribution in [0.5, 0.6) is 0 Å². The molecule has 1 saturated carbocycles. The van der Waals surface area contributed by atoms with Crippen LogP contribution in [-0.4, -0.2) is 23.3 Å². The molecule has 1 unspecified atom stereocenters.